The third-order valence-electron chi connectivity index (χ3n) is 4.75. The molecule has 0 saturated heterocycles. The van der Waals surface area contributed by atoms with Crippen molar-refractivity contribution in [2.24, 2.45) is 11.8 Å². The van der Waals surface area contributed by atoms with Crippen LogP contribution in [0.2, 0.25) is 0 Å². The van der Waals surface area contributed by atoms with Crippen LogP contribution in [0.4, 0.5) is 0 Å². The summed E-state index contributed by atoms with van der Waals surface area (Å²) in [6.45, 7) is 0. The summed E-state index contributed by atoms with van der Waals surface area (Å²) in [6, 6.07) is 0. The van der Waals surface area contributed by atoms with Crippen molar-refractivity contribution in [3.8, 4) is 0 Å². The highest BCUT2D eigenvalue weighted by Gasteiger charge is 2.14. The molecule has 0 heteroatoms. The largest absolute Gasteiger partial charge is 0.0533 e. The van der Waals surface area contributed by atoms with Crippen molar-refractivity contribution in [2.45, 2.75) is 83.5 Å². The maximum absolute atomic E-state index is 2.65. The molecule has 3 aliphatic rings. The van der Waals surface area contributed by atoms with E-state index in [1.807, 2.05) is 0 Å². The summed E-state index contributed by atoms with van der Waals surface area (Å²) in [5, 5.41) is 0. The van der Waals surface area contributed by atoms with E-state index in [2.05, 4.69) is 12.8 Å². The fraction of sp³-hybridized carbons (Fsp3) is 0.882. The van der Waals surface area contributed by atoms with Gasteiger partial charge in [0.05, 0.1) is 0 Å². The van der Waals surface area contributed by atoms with Gasteiger partial charge in [-0.15, -0.1) is 0 Å². The van der Waals surface area contributed by atoms with Gasteiger partial charge in [-0.05, 0) is 43.9 Å². The van der Waals surface area contributed by atoms with E-state index in [1.54, 1.807) is 0 Å². The molecule has 3 rings (SSSR count). The van der Waals surface area contributed by atoms with Crippen LogP contribution in [-0.2, 0) is 0 Å². The Balaban J connectivity index is 1.90. The summed E-state index contributed by atoms with van der Waals surface area (Å²) in [6.07, 6.45) is 24.2. The maximum atomic E-state index is 2.65. The first-order chi connectivity index (χ1) is 8.45. The standard InChI is InChI=1S/C17H30/c1-4-10-16-12-6-2-7-13-17(11-5-1)15-9-3-8-14-16/h4,11,16-17H,1-3,5-10,12-15H2. The fourth-order valence-corrected chi connectivity index (χ4v) is 3.60. The van der Waals surface area contributed by atoms with Crippen molar-refractivity contribution in [3.63, 3.8) is 0 Å². The van der Waals surface area contributed by atoms with E-state index >= 15 is 0 Å². The van der Waals surface area contributed by atoms with Gasteiger partial charge in [-0.25, -0.2) is 0 Å². The Morgan fingerprint density at radius 1 is 0.647 bits per heavy atom. The Labute approximate surface area is 109 Å². The van der Waals surface area contributed by atoms with E-state index in [-0.39, 0.29) is 0 Å². The second-order valence-corrected chi connectivity index (χ2v) is 6.24. The topological polar surface area (TPSA) is 0 Å². The minimum absolute atomic E-state index is 0.943. The summed E-state index contributed by atoms with van der Waals surface area (Å²) >= 11 is 0. The Kier molecular flexibility index (Phi) is 6.45. The van der Waals surface area contributed by atoms with Crippen molar-refractivity contribution in [2.75, 3.05) is 0 Å². The zero-order valence-electron chi connectivity index (χ0n) is 11.5. The van der Waals surface area contributed by atoms with Gasteiger partial charge in [-0.3, -0.25) is 0 Å². The molecule has 98 valence electrons. The molecule has 0 aromatic rings. The van der Waals surface area contributed by atoms with Crippen LogP contribution >= 0.6 is 0 Å². The second-order valence-electron chi connectivity index (χ2n) is 6.24. The summed E-state index contributed by atoms with van der Waals surface area (Å²) < 4.78 is 0. The molecule has 0 nitrogen and oxygen atoms in total. The van der Waals surface area contributed by atoms with Crippen molar-refractivity contribution in [3.05, 3.63) is 12.8 Å². The minimum atomic E-state index is 0.943. The van der Waals surface area contributed by atoms with Crippen molar-refractivity contribution < 1.29 is 0 Å². The lowest BCUT2D eigenvalue weighted by atomic mass is 9.84. The van der Waals surface area contributed by atoms with Crippen LogP contribution in [0.1, 0.15) is 83.5 Å². The van der Waals surface area contributed by atoms with Gasteiger partial charge < -0.3 is 0 Å². The average molecular weight is 234 g/mol. The zero-order chi connectivity index (χ0) is 11.8. The van der Waals surface area contributed by atoms with Crippen LogP contribution in [-0.4, -0.2) is 0 Å². The molecule has 0 N–H and O–H groups in total. The monoisotopic (exact) mass is 234 g/mol. The van der Waals surface area contributed by atoms with Crippen LogP contribution in [0, 0.1) is 24.7 Å². The molecule has 3 fully saturated rings. The molecule has 0 aromatic heterocycles. The van der Waals surface area contributed by atoms with Crippen LogP contribution in [0.3, 0.4) is 0 Å². The van der Waals surface area contributed by atoms with Crippen LogP contribution < -0.4 is 0 Å². The first-order valence-corrected chi connectivity index (χ1v) is 8.10. The normalized spacial score (nSPS) is 33.9. The SMILES string of the molecule is [CH]1CC[CH]C2CCCCCC(C1)CCCCC2. The Morgan fingerprint density at radius 2 is 1.29 bits per heavy atom. The zero-order valence-corrected chi connectivity index (χ0v) is 11.5. The molecule has 3 aliphatic carbocycles. The van der Waals surface area contributed by atoms with E-state index in [0.717, 1.165) is 11.8 Å². The molecule has 2 bridgehead atoms. The number of fused-ring (bicyclic) bond motifs is 12. The van der Waals surface area contributed by atoms with Gasteiger partial charge in [0.25, 0.3) is 0 Å². The molecule has 0 amide bonds. The van der Waals surface area contributed by atoms with Gasteiger partial charge in [0.2, 0.25) is 0 Å². The van der Waals surface area contributed by atoms with E-state index < -0.39 is 0 Å². The van der Waals surface area contributed by atoms with Crippen molar-refractivity contribution in [1.29, 1.82) is 0 Å². The molecule has 0 heterocycles. The van der Waals surface area contributed by atoms with Gasteiger partial charge in [-0.1, -0.05) is 64.2 Å². The Morgan fingerprint density at radius 3 is 2.00 bits per heavy atom. The van der Waals surface area contributed by atoms with Gasteiger partial charge in [-0.2, -0.15) is 0 Å². The number of hydrogen-bond donors (Lipinski definition) is 0. The Bertz CT molecular complexity index is 133. The molecule has 17 heavy (non-hydrogen) atoms. The smallest absolute Gasteiger partial charge is 0.0355 e. The number of hydrogen-bond acceptors (Lipinski definition) is 0. The lowest BCUT2D eigenvalue weighted by Gasteiger charge is -2.22. The number of rotatable bonds is 0. The van der Waals surface area contributed by atoms with E-state index in [9.17, 15) is 0 Å². The molecular weight excluding hydrogens is 204 g/mol. The van der Waals surface area contributed by atoms with E-state index in [1.165, 1.54) is 83.5 Å². The molecule has 0 unspecified atom stereocenters. The quantitative estimate of drug-likeness (QED) is 0.502. The van der Waals surface area contributed by atoms with Gasteiger partial charge in [0, 0.05) is 0 Å². The van der Waals surface area contributed by atoms with E-state index in [4.69, 9.17) is 0 Å². The van der Waals surface area contributed by atoms with Crippen LogP contribution in [0.25, 0.3) is 0 Å². The molecule has 2 radical (unpaired) electrons. The summed E-state index contributed by atoms with van der Waals surface area (Å²) in [7, 11) is 0. The highest BCUT2D eigenvalue weighted by atomic mass is 14.2. The third kappa shape index (κ3) is 5.44. The molecule has 0 aliphatic heterocycles. The summed E-state index contributed by atoms with van der Waals surface area (Å²) in [4.78, 5) is 0. The van der Waals surface area contributed by atoms with Crippen molar-refractivity contribution >= 4 is 0 Å². The lowest BCUT2D eigenvalue weighted by Crippen LogP contribution is -2.07. The highest BCUT2D eigenvalue weighted by molar-refractivity contribution is 4.82. The summed E-state index contributed by atoms with van der Waals surface area (Å²) in [5.74, 6) is 1.96. The molecule has 3 saturated carbocycles. The fourth-order valence-electron chi connectivity index (χ4n) is 3.60. The predicted molar refractivity (Wildman–Crippen MR) is 75.6 cm³/mol. The third-order valence-corrected chi connectivity index (χ3v) is 4.75. The van der Waals surface area contributed by atoms with E-state index in [0.29, 0.717) is 0 Å². The van der Waals surface area contributed by atoms with Gasteiger partial charge in [0.1, 0.15) is 0 Å². The van der Waals surface area contributed by atoms with Gasteiger partial charge >= 0.3 is 0 Å². The van der Waals surface area contributed by atoms with Crippen LogP contribution in [0.5, 0.6) is 0 Å². The first kappa shape index (κ1) is 13.4. The average Bonchev–Trinajstić information content (AvgIpc) is 2.29. The molecule has 0 spiro atoms. The van der Waals surface area contributed by atoms with Crippen LogP contribution in [0.15, 0.2) is 0 Å². The van der Waals surface area contributed by atoms with Crippen molar-refractivity contribution in [1.82, 2.24) is 0 Å². The second kappa shape index (κ2) is 8.16. The predicted octanol–water partition coefficient (Wildman–Crippen LogP) is 5.73. The maximum Gasteiger partial charge on any atom is -0.0355 e. The molecule has 0 aromatic carbocycles. The Hall–Kier alpha value is 0. The molecule has 0 atom stereocenters. The van der Waals surface area contributed by atoms with Gasteiger partial charge in [0.15, 0.2) is 0 Å². The summed E-state index contributed by atoms with van der Waals surface area (Å²) in [5.41, 5.74) is 0. The lowest BCUT2D eigenvalue weighted by molar-refractivity contribution is 0.359. The highest BCUT2D eigenvalue weighted by Crippen LogP contribution is 2.29. The minimum Gasteiger partial charge on any atom is -0.0533 e. The first-order valence-electron chi connectivity index (χ1n) is 8.10. The molecular formula is C17H30.